The Morgan fingerprint density at radius 1 is 0.903 bits per heavy atom. The van der Waals surface area contributed by atoms with Crippen LogP contribution in [0.1, 0.15) is 17.2 Å². The first-order valence-corrected chi connectivity index (χ1v) is 9.77. The molecule has 1 aliphatic heterocycles. The molecule has 1 amide bonds. The van der Waals surface area contributed by atoms with Gasteiger partial charge in [0.25, 0.3) is 11.7 Å². The Morgan fingerprint density at radius 2 is 1.65 bits per heavy atom. The molecule has 6 nitrogen and oxygen atoms in total. The summed E-state index contributed by atoms with van der Waals surface area (Å²) in [5.41, 5.74) is 2.26. The first-order valence-electron chi connectivity index (χ1n) is 9.77. The molecule has 0 bridgehead atoms. The number of phenols is 1. The van der Waals surface area contributed by atoms with E-state index in [0.29, 0.717) is 16.8 Å². The smallest absolute Gasteiger partial charge is 0.300 e. The highest BCUT2D eigenvalue weighted by molar-refractivity contribution is 6.51. The van der Waals surface area contributed by atoms with Gasteiger partial charge in [0.2, 0.25) is 0 Å². The molecule has 2 heterocycles. The molecule has 0 saturated carbocycles. The number of benzene rings is 3. The van der Waals surface area contributed by atoms with Crippen molar-refractivity contribution < 1.29 is 19.8 Å². The number of rotatable bonds is 3. The molecule has 1 unspecified atom stereocenters. The van der Waals surface area contributed by atoms with Crippen LogP contribution < -0.4 is 4.90 Å². The molecular formula is C25H18N2O4. The van der Waals surface area contributed by atoms with Crippen molar-refractivity contribution in [2.75, 3.05) is 4.90 Å². The lowest BCUT2D eigenvalue weighted by atomic mass is 9.95. The summed E-state index contributed by atoms with van der Waals surface area (Å²) in [6, 6.07) is 21.7. The summed E-state index contributed by atoms with van der Waals surface area (Å²) in [5, 5.41) is 22.0. The summed E-state index contributed by atoms with van der Waals surface area (Å²) in [5.74, 6) is -1.77. The number of amides is 1. The molecule has 0 aliphatic carbocycles. The molecule has 6 heteroatoms. The number of Topliss-reactive ketones (excluding diaryl/α,β-unsaturated/α-hetero) is 1. The highest BCUT2D eigenvalue weighted by Gasteiger charge is 2.47. The summed E-state index contributed by atoms with van der Waals surface area (Å²) in [4.78, 5) is 30.7. The van der Waals surface area contributed by atoms with Crippen LogP contribution in [0.2, 0.25) is 0 Å². The predicted molar refractivity (Wildman–Crippen MR) is 118 cm³/mol. The molecule has 3 aromatic carbocycles. The number of hydrogen-bond donors (Lipinski definition) is 3. The van der Waals surface area contributed by atoms with Crippen LogP contribution in [0.15, 0.2) is 90.6 Å². The number of nitrogens with one attached hydrogen (secondary N) is 1. The zero-order valence-corrected chi connectivity index (χ0v) is 16.3. The molecule has 1 fully saturated rings. The third kappa shape index (κ3) is 2.97. The topological polar surface area (TPSA) is 93.6 Å². The molecule has 31 heavy (non-hydrogen) atoms. The molecule has 152 valence electrons. The van der Waals surface area contributed by atoms with Crippen molar-refractivity contribution in [3.05, 3.63) is 102 Å². The Hall–Kier alpha value is -4.32. The molecule has 1 aromatic heterocycles. The number of para-hydroxylation sites is 2. The number of ketones is 1. The number of fused-ring (bicyclic) bond motifs is 1. The van der Waals surface area contributed by atoms with Gasteiger partial charge < -0.3 is 15.2 Å². The van der Waals surface area contributed by atoms with Crippen molar-refractivity contribution in [1.82, 2.24) is 4.98 Å². The van der Waals surface area contributed by atoms with Crippen LogP contribution in [0.5, 0.6) is 5.75 Å². The third-order valence-electron chi connectivity index (χ3n) is 5.51. The first-order chi connectivity index (χ1) is 15.1. The minimum atomic E-state index is -0.886. The molecule has 1 aliphatic rings. The van der Waals surface area contributed by atoms with Crippen LogP contribution in [0.3, 0.4) is 0 Å². The van der Waals surface area contributed by atoms with Gasteiger partial charge in [-0.05, 0) is 35.9 Å². The fourth-order valence-corrected chi connectivity index (χ4v) is 4.11. The quantitative estimate of drug-likeness (QED) is 0.263. The number of carbonyl (C=O) groups excluding carboxylic acids is 2. The van der Waals surface area contributed by atoms with Gasteiger partial charge in [-0.2, -0.15) is 0 Å². The van der Waals surface area contributed by atoms with Crippen molar-refractivity contribution in [3.8, 4) is 5.75 Å². The van der Waals surface area contributed by atoms with E-state index in [0.717, 1.165) is 10.9 Å². The maximum atomic E-state index is 13.1. The number of nitrogens with zero attached hydrogens (tertiary/aromatic N) is 1. The van der Waals surface area contributed by atoms with E-state index >= 15 is 0 Å². The zero-order chi connectivity index (χ0) is 21.5. The van der Waals surface area contributed by atoms with E-state index in [1.807, 2.05) is 30.3 Å². The number of aromatic hydroxyl groups is 1. The van der Waals surface area contributed by atoms with E-state index in [4.69, 9.17) is 0 Å². The number of H-pyrrole nitrogens is 1. The second kappa shape index (κ2) is 7.18. The van der Waals surface area contributed by atoms with Crippen LogP contribution in [-0.4, -0.2) is 26.9 Å². The third-order valence-corrected chi connectivity index (χ3v) is 5.51. The predicted octanol–water partition coefficient (Wildman–Crippen LogP) is 4.50. The lowest BCUT2D eigenvalue weighted by Gasteiger charge is -2.25. The Kier molecular flexibility index (Phi) is 4.33. The molecule has 0 radical (unpaired) electrons. The largest absolute Gasteiger partial charge is 0.508 e. The number of phenolic OH excluding ortho intramolecular Hbond substituents is 1. The number of aliphatic hydroxyl groups is 1. The molecule has 3 N–H and O–H groups in total. The van der Waals surface area contributed by atoms with E-state index in [2.05, 4.69) is 4.98 Å². The van der Waals surface area contributed by atoms with E-state index in [-0.39, 0.29) is 17.1 Å². The van der Waals surface area contributed by atoms with Gasteiger partial charge in [0.05, 0.1) is 11.6 Å². The molecule has 0 spiro atoms. The fraction of sp³-hybridized carbons (Fsp3) is 0.0400. The van der Waals surface area contributed by atoms with Crippen LogP contribution in [0.4, 0.5) is 5.69 Å². The Morgan fingerprint density at radius 3 is 2.42 bits per heavy atom. The molecule has 5 rings (SSSR count). The number of aromatic nitrogens is 1. The van der Waals surface area contributed by atoms with Crippen LogP contribution in [0, 0.1) is 0 Å². The number of aromatic amines is 1. The van der Waals surface area contributed by atoms with Gasteiger partial charge in [0.15, 0.2) is 0 Å². The summed E-state index contributed by atoms with van der Waals surface area (Å²) in [6.07, 6.45) is 1.62. The maximum absolute atomic E-state index is 13.1. The molecule has 1 atom stereocenters. The number of anilines is 1. The number of hydrogen-bond acceptors (Lipinski definition) is 4. The summed E-state index contributed by atoms with van der Waals surface area (Å²) in [6.45, 7) is 0. The normalized spacial score (nSPS) is 18.1. The first kappa shape index (κ1) is 18.7. The minimum Gasteiger partial charge on any atom is -0.508 e. The SMILES string of the molecule is O=C1C(=O)N(c2ccccc2)C(c2cccc(O)c2)/C1=C(/O)c1c[nH]c2ccccc12. The number of aliphatic hydroxyl groups excluding tert-OH is 1. The monoisotopic (exact) mass is 410 g/mol. The highest BCUT2D eigenvalue weighted by atomic mass is 16.3. The van der Waals surface area contributed by atoms with Gasteiger partial charge in [-0.15, -0.1) is 0 Å². The van der Waals surface area contributed by atoms with Gasteiger partial charge >= 0.3 is 0 Å². The van der Waals surface area contributed by atoms with Crippen LogP contribution >= 0.6 is 0 Å². The average Bonchev–Trinajstić information content (AvgIpc) is 3.33. The van der Waals surface area contributed by atoms with Gasteiger partial charge in [-0.1, -0.05) is 48.5 Å². The van der Waals surface area contributed by atoms with E-state index < -0.39 is 17.7 Å². The highest BCUT2D eigenvalue weighted by Crippen LogP contribution is 2.43. The number of carbonyl (C=O) groups is 2. The standard InChI is InChI=1S/C25H18N2O4/c28-17-10-6-7-15(13-17)22-21(23(29)19-14-26-20-12-5-4-11-18(19)20)24(30)25(31)27(22)16-8-2-1-3-9-16/h1-14,22,26,28-29H/b23-21-. The van der Waals surface area contributed by atoms with Crippen molar-refractivity contribution >= 4 is 34.0 Å². The second-order valence-corrected chi connectivity index (χ2v) is 7.35. The van der Waals surface area contributed by atoms with Crippen molar-refractivity contribution in [2.45, 2.75) is 6.04 Å². The summed E-state index contributed by atoms with van der Waals surface area (Å²) >= 11 is 0. The molecule has 4 aromatic rings. The van der Waals surface area contributed by atoms with E-state index in [9.17, 15) is 19.8 Å². The van der Waals surface area contributed by atoms with Gasteiger partial charge in [-0.25, -0.2) is 0 Å². The van der Waals surface area contributed by atoms with Gasteiger partial charge in [0.1, 0.15) is 11.5 Å². The minimum absolute atomic E-state index is 0.00300. The van der Waals surface area contributed by atoms with Gasteiger partial charge in [-0.3, -0.25) is 14.5 Å². The Bertz CT molecular complexity index is 1350. The molecule has 1 saturated heterocycles. The maximum Gasteiger partial charge on any atom is 0.300 e. The van der Waals surface area contributed by atoms with E-state index in [1.54, 1.807) is 42.6 Å². The van der Waals surface area contributed by atoms with Crippen molar-refractivity contribution in [3.63, 3.8) is 0 Å². The molecular weight excluding hydrogens is 392 g/mol. The van der Waals surface area contributed by atoms with Gasteiger partial charge in [0, 0.05) is 28.4 Å². The fourth-order valence-electron chi connectivity index (χ4n) is 4.11. The van der Waals surface area contributed by atoms with Crippen molar-refractivity contribution in [1.29, 1.82) is 0 Å². The lowest BCUT2D eigenvalue weighted by Crippen LogP contribution is -2.29. The van der Waals surface area contributed by atoms with E-state index in [1.165, 1.54) is 17.0 Å². The second-order valence-electron chi connectivity index (χ2n) is 7.35. The lowest BCUT2D eigenvalue weighted by molar-refractivity contribution is -0.132. The Labute approximate surface area is 177 Å². The zero-order valence-electron chi connectivity index (χ0n) is 16.3. The van der Waals surface area contributed by atoms with Crippen molar-refractivity contribution in [2.24, 2.45) is 0 Å². The van der Waals surface area contributed by atoms with Crippen LogP contribution in [-0.2, 0) is 9.59 Å². The summed E-state index contributed by atoms with van der Waals surface area (Å²) in [7, 11) is 0. The Balaban J connectivity index is 1.77. The summed E-state index contributed by atoms with van der Waals surface area (Å²) < 4.78 is 0. The average molecular weight is 410 g/mol. The van der Waals surface area contributed by atoms with Crippen LogP contribution in [0.25, 0.3) is 16.7 Å².